The Morgan fingerprint density at radius 2 is 2.19 bits per heavy atom. The molecule has 21 heavy (non-hydrogen) atoms. The molecule has 1 aliphatic heterocycles. The number of halogens is 1. The van der Waals surface area contributed by atoms with Gasteiger partial charge in [-0.3, -0.25) is 4.90 Å². The van der Waals surface area contributed by atoms with Gasteiger partial charge in [0.1, 0.15) is 5.15 Å². The van der Waals surface area contributed by atoms with E-state index in [1.165, 1.54) is 19.3 Å². The number of fused-ring (bicyclic) bond motifs is 1. The lowest BCUT2D eigenvalue weighted by atomic mass is 9.96. The number of hydrogen-bond acceptors (Lipinski definition) is 3. The predicted molar refractivity (Wildman–Crippen MR) is 88.5 cm³/mol. The highest BCUT2D eigenvalue weighted by molar-refractivity contribution is 6.30. The number of para-hydroxylation sites is 1. The van der Waals surface area contributed by atoms with Crippen molar-refractivity contribution in [3.05, 3.63) is 41.0 Å². The Morgan fingerprint density at radius 3 is 3.00 bits per heavy atom. The highest BCUT2D eigenvalue weighted by Crippen LogP contribution is 2.26. The van der Waals surface area contributed by atoms with Gasteiger partial charge >= 0.3 is 0 Å². The number of rotatable bonds is 3. The van der Waals surface area contributed by atoms with E-state index in [0.29, 0.717) is 11.2 Å². The Balaban J connectivity index is 1.88. The first-order valence-corrected chi connectivity index (χ1v) is 8.07. The van der Waals surface area contributed by atoms with Crippen molar-refractivity contribution in [3.8, 4) is 0 Å². The van der Waals surface area contributed by atoms with Crippen LogP contribution < -0.4 is 5.73 Å². The van der Waals surface area contributed by atoms with Crippen molar-refractivity contribution in [1.29, 1.82) is 0 Å². The second-order valence-corrected chi connectivity index (χ2v) is 6.38. The fourth-order valence-corrected chi connectivity index (χ4v) is 3.48. The molecule has 1 aliphatic rings. The van der Waals surface area contributed by atoms with Crippen LogP contribution in [0.25, 0.3) is 10.9 Å². The highest BCUT2D eigenvalue weighted by Gasteiger charge is 2.26. The normalized spacial score (nSPS) is 21.6. The SMILES string of the molecule is CC(N)C1CCCCN1Cc1cc2ccccc2nc1Cl. The first-order valence-electron chi connectivity index (χ1n) is 7.69. The summed E-state index contributed by atoms with van der Waals surface area (Å²) in [7, 11) is 0. The molecule has 1 aromatic heterocycles. The summed E-state index contributed by atoms with van der Waals surface area (Å²) in [5, 5.41) is 1.76. The van der Waals surface area contributed by atoms with Crippen LogP contribution in [0.1, 0.15) is 31.7 Å². The first kappa shape index (κ1) is 14.8. The van der Waals surface area contributed by atoms with Crippen molar-refractivity contribution >= 4 is 22.5 Å². The minimum atomic E-state index is 0.192. The average Bonchev–Trinajstić information content (AvgIpc) is 2.48. The molecule has 0 bridgehead atoms. The standard InChI is InChI=1S/C17H22ClN3/c1-12(19)16-8-4-5-9-21(16)11-14-10-13-6-2-3-7-15(13)20-17(14)18/h2-3,6-7,10,12,16H,4-5,8-9,11,19H2,1H3. The molecule has 0 spiro atoms. The third kappa shape index (κ3) is 3.20. The first-order chi connectivity index (χ1) is 10.1. The lowest BCUT2D eigenvalue weighted by molar-refractivity contribution is 0.123. The van der Waals surface area contributed by atoms with Gasteiger partial charge in [0.05, 0.1) is 5.52 Å². The second-order valence-electron chi connectivity index (χ2n) is 6.02. The summed E-state index contributed by atoms with van der Waals surface area (Å²) in [6.45, 7) is 4.03. The maximum Gasteiger partial charge on any atom is 0.134 e. The Labute approximate surface area is 131 Å². The molecule has 1 fully saturated rings. The fraction of sp³-hybridized carbons (Fsp3) is 0.471. The summed E-state index contributed by atoms with van der Waals surface area (Å²) in [6.07, 6.45) is 3.69. The average molecular weight is 304 g/mol. The predicted octanol–water partition coefficient (Wildman–Crippen LogP) is 3.59. The largest absolute Gasteiger partial charge is 0.327 e. The van der Waals surface area contributed by atoms with Crippen LogP contribution in [0.3, 0.4) is 0 Å². The van der Waals surface area contributed by atoms with Crippen molar-refractivity contribution in [1.82, 2.24) is 9.88 Å². The van der Waals surface area contributed by atoms with Gasteiger partial charge in [0, 0.05) is 29.6 Å². The summed E-state index contributed by atoms with van der Waals surface area (Å²) < 4.78 is 0. The highest BCUT2D eigenvalue weighted by atomic mass is 35.5. The molecular formula is C17H22ClN3. The van der Waals surface area contributed by atoms with Gasteiger partial charge in [-0.05, 0) is 38.4 Å². The quantitative estimate of drug-likeness (QED) is 0.881. The zero-order valence-corrected chi connectivity index (χ0v) is 13.2. The van der Waals surface area contributed by atoms with Crippen LogP contribution >= 0.6 is 11.6 Å². The van der Waals surface area contributed by atoms with E-state index in [2.05, 4.69) is 28.9 Å². The molecule has 4 heteroatoms. The molecule has 0 saturated carbocycles. The van der Waals surface area contributed by atoms with Gasteiger partial charge in [-0.1, -0.05) is 36.2 Å². The van der Waals surface area contributed by atoms with Crippen molar-refractivity contribution < 1.29 is 0 Å². The number of pyridine rings is 1. The number of benzene rings is 1. The molecule has 3 nitrogen and oxygen atoms in total. The molecular weight excluding hydrogens is 282 g/mol. The number of nitrogens with zero attached hydrogens (tertiary/aromatic N) is 2. The minimum Gasteiger partial charge on any atom is -0.327 e. The molecule has 1 saturated heterocycles. The second kappa shape index (κ2) is 6.30. The molecule has 0 amide bonds. The van der Waals surface area contributed by atoms with Gasteiger partial charge in [-0.2, -0.15) is 0 Å². The van der Waals surface area contributed by atoms with Crippen molar-refractivity contribution in [2.24, 2.45) is 5.73 Å². The van der Waals surface area contributed by atoms with Gasteiger partial charge in [0.25, 0.3) is 0 Å². The minimum absolute atomic E-state index is 0.192. The summed E-state index contributed by atoms with van der Waals surface area (Å²) >= 11 is 6.38. The van der Waals surface area contributed by atoms with Crippen LogP contribution in [-0.2, 0) is 6.54 Å². The third-order valence-corrected chi connectivity index (χ3v) is 4.72. The van der Waals surface area contributed by atoms with Gasteiger partial charge in [0.15, 0.2) is 0 Å². The molecule has 1 aromatic carbocycles. The van der Waals surface area contributed by atoms with E-state index in [1.807, 2.05) is 18.2 Å². The Morgan fingerprint density at radius 1 is 1.38 bits per heavy atom. The zero-order valence-electron chi connectivity index (χ0n) is 12.4. The Kier molecular flexibility index (Phi) is 4.43. The number of piperidine rings is 1. The molecule has 0 radical (unpaired) electrons. The van der Waals surface area contributed by atoms with Gasteiger partial charge in [-0.15, -0.1) is 0 Å². The van der Waals surface area contributed by atoms with Crippen LogP contribution in [0.2, 0.25) is 5.15 Å². The lowest BCUT2D eigenvalue weighted by Crippen LogP contribution is -2.48. The van der Waals surface area contributed by atoms with Gasteiger partial charge in [0.2, 0.25) is 0 Å². The van der Waals surface area contributed by atoms with E-state index >= 15 is 0 Å². The number of nitrogens with two attached hydrogens (primary N) is 1. The topological polar surface area (TPSA) is 42.1 Å². The molecule has 2 atom stereocenters. The summed E-state index contributed by atoms with van der Waals surface area (Å²) in [5.74, 6) is 0. The molecule has 0 aliphatic carbocycles. The Bertz CT molecular complexity index is 626. The monoisotopic (exact) mass is 303 g/mol. The van der Waals surface area contributed by atoms with Crippen LogP contribution in [0.15, 0.2) is 30.3 Å². The molecule has 2 heterocycles. The summed E-state index contributed by atoms with van der Waals surface area (Å²) in [5.41, 5.74) is 8.20. The van der Waals surface area contributed by atoms with E-state index < -0.39 is 0 Å². The fourth-order valence-electron chi connectivity index (χ4n) is 3.27. The van der Waals surface area contributed by atoms with Gasteiger partial charge in [-0.25, -0.2) is 4.98 Å². The van der Waals surface area contributed by atoms with Crippen molar-refractivity contribution in [3.63, 3.8) is 0 Å². The molecule has 112 valence electrons. The van der Waals surface area contributed by atoms with E-state index in [1.54, 1.807) is 0 Å². The number of hydrogen-bond donors (Lipinski definition) is 1. The molecule has 2 unspecified atom stereocenters. The maximum absolute atomic E-state index is 6.38. The van der Waals surface area contributed by atoms with Crippen LogP contribution in [0.4, 0.5) is 0 Å². The smallest absolute Gasteiger partial charge is 0.134 e. The molecule has 2 N–H and O–H groups in total. The summed E-state index contributed by atoms with van der Waals surface area (Å²) in [6, 6.07) is 10.9. The van der Waals surface area contributed by atoms with Crippen LogP contribution in [-0.4, -0.2) is 28.5 Å². The van der Waals surface area contributed by atoms with Gasteiger partial charge < -0.3 is 5.73 Å². The maximum atomic E-state index is 6.38. The molecule has 2 aromatic rings. The van der Waals surface area contributed by atoms with E-state index in [-0.39, 0.29) is 6.04 Å². The Hall–Kier alpha value is -1.16. The molecule has 3 rings (SSSR count). The van der Waals surface area contributed by atoms with E-state index in [9.17, 15) is 0 Å². The summed E-state index contributed by atoms with van der Waals surface area (Å²) in [4.78, 5) is 6.98. The zero-order chi connectivity index (χ0) is 14.8. The lowest BCUT2D eigenvalue weighted by Gasteiger charge is -2.38. The number of aromatic nitrogens is 1. The van der Waals surface area contributed by atoms with E-state index in [0.717, 1.165) is 29.6 Å². The van der Waals surface area contributed by atoms with E-state index in [4.69, 9.17) is 17.3 Å². The van der Waals surface area contributed by atoms with Crippen molar-refractivity contribution in [2.45, 2.75) is 44.8 Å². The third-order valence-electron chi connectivity index (χ3n) is 4.39. The van der Waals surface area contributed by atoms with Crippen LogP contribution in [0.5, 0.6) is 0 Å². The van der Waals surface area contributed by atoms with Crippen LogP contribution in [0, 0.1) is 0 Å². The van der Waals surface area contributed by atoms with Crippen molar-refractivity contribution in [2.75, 3.05) is 6.54 Å². The number of likely N-dealkylation sites (tertiary alicyclic amines) is 1.